The Hall–Kier alpha value is -3.60. The molecule has 2 nitrogen and oxygen atoms in total. The van der Waals surface area contributed by atoms with Crippen molar-refractivity contribution in [3.63, 3.8) is 0 Å². The van der Waals surface area contributed by atoms with E-state index in [1.54, 1.807) is 35.1 Å². The maximum atomic E-state index is 4.79. The Balaban J connectivity index is 1.39. The Morgan fingerprint density at radius 1 is 0.471 bits per heavy atom. The van der Waals surface area contributed by atoms with E-state index < -0.39 is 0 Å². The lowest BCUT2D eigenvalue weighted by atomic mass is 9.94. The van der Waals surface area contributed by atoms with E-state index in [-0.39, 0.29) is 0 Å². The third kappa shape index (κ3) is 4.07. The maximum absolute atomic E-state index is 4.79. The average Bonchev–Trinajstić information content (AvgIpc) is 3.61. The molecule has 6 aromatic rings. The molecular formula is C30H22N2S2. The molecule has 0 unspecified atom stereocenters. The van der Waals surface area contributed by atoms with E-state index in [1.807, 2.05) is 0 Å². The van der Waals surface area contributed by atoms with Gasteiger partial charge in [-0.05, 0) is 56.3 Å². The lowest BCUT2D eigenvalue weighted by molar-refractivity contribution is 1.14. The van der Waals surface area contributed by atoms with Crippen molar-refractivity contribution in [2.75, 3.05) is 0 Å². The number of thiophene rings is 2. The van der Waals surface area contributed by atoms with Gasteiger partial charge < -0.3 is 0 Å². The van der Waals surface area contributed by atoms with Crippen molar-refractivity contribution in [2.24, 2.45) is 0 Å². The summed E-state index contributed by atoms with van der Waals surface area (Å²) < 4.78 is 0. The molecule has 3 aromatic carbocycles. The lowest BCUT2D eigenvalue weighted by Gasteiger charge is -2.13. The second-order valence-corrected chi connectivity index (χ2v) is 10.2. The molecule has 0 atom stereocenters. The zero-order valence-electron chi connectivity index (χ0n) is 18.5. The molecule has 3 heterocycles. The zero-order chi connectivity index (χ0) is 22.7. The van der Waals surface area contributed by atoms with Crippen LogP contribution in [0, 0.1) is 0 Å². The maximum Gasteiger partial charge on any atom is 0.0925 e. The Morgan fingerprint density at radius 2 is 0.941 bits per heavy atom. The van der Waals surface area contributed by atoms with Crippen LogP contribution in [0.15, 0.2) is 108 Å². The predicted molar refractivity (Wildman–Crippen MR) is 145 cm³/mol. The van der Waals surface area contributed by atoms with Gasteiger partial charge in [-0.1, -0.05) is 72.8 Å². The van der Waals surface area contributed by atoms with Crippen molar-refractivity contribution >= 4 is 33.7 Å². The third-order valence-electron chi connectivity index (χ3n) is 6.16. The molecule has 164 valence electrons. The van der Waals surface area contributed by atoms with Crippen LogP contribution in [0.5, 0.6) is 0 Å². The topological polar surface area (TPSA) is 25.8 Å². The second kappa shape index (κ2) is 9.34. The van der Waals surface area contributed by atoms with Gasteiger partial charge in [-0.2, -0.15) is 0 Å². The molecule has 0 saturated carbocycles. The number of benzene rings is 3. The summed E-state index contributed by atoms with van der Waals surface area (Å²) in [5, 5.41) is 4.27. The fourth-order valence-corrected chi connectivity index (χ4v) is 6.13. The van der Waals surface area contributed by atoms with Crippen LogP contribution in [0.2, 0.25) is 0 Å². The number of aromatic nitrogens is 2. The molecule has 0 amide bonds. The summed E-state index contributed by atoms with van der Waals surface area (Å²) in [5.41, 5.74) is 9.63. The molecule has 0 saturated heterocycles. The van der Waals surface area contributed by atoms with Crippen LogP contribution in [0.3, 0.4) is 0 Å². The molecule has 0 bridgehead atoms. The van der Waals surface area contributed by atoms with Gasteiger partial charge >= 0.3 is 0 Å². The van der Waals surface area contributed by atoms with Gasteiger partial charge in [0.25, 0.3) is 0 Å². The Morgan fingerprint density at radius 3 is 1.38 bits per heavy atom. The highest BCUT2D eigenvalue weighted by Crippen LogP contribution is 2.33. The molecule has 0 radical (unpaired) electrons. The minimum Gasteiger partial charge on any atom is -0.253 e. The molecule has 6 rings (SSSR count). The number of rotatable bonds is 6. The van der Waals surface area contributed by atoms with Crippen LogP contribution in [0.4, 0.5) is 0 Å². The highest BCUT2D eigenvalue weighted by Gasteiger charge is 2.14. The number of nitrogens with zero attached hydrogens (tertiary/aromatic N) is 2. The number of fused-ring (bicyclic) bond motifs is 1. The summed E-state index contributed by atoms with van der Waals surface area (Å²) >= 11 is 3.56. The Labute approximate surface area is 207 Å². The largest absolute Gasteiger partial charge is 0.253 e. The van der Waals surface area contributed by atoms with E-state index >= 15 is 0 Å². The first-order chi connectivity index (χ1) is 16.9. The standard InChI is InChI=1S/C30H22N2S2/c1-3-9-25(27-11-5-17-33-27)21(7-1)19-23-13-14-24(30-29(23)31-15-16-32-30)20-22-8-2-4-10-26(22)28-12-6-18-34-28/h1-18H,19-20H2. The Kier molecular flexibility index (Phi) is 5.76. The van der Waals surface area contributed by atoms with Gasteiger partial charge in [0.05, 0.1) is 11.0 Å². The number of hydrogen-bond donors (Lipinski definition) is 0. The normalized spacial score (nSPS) is 11.2. The van der Waals surface area contributed by atoms with E-state index in [2.05, 4.69) is 95.7 Å². The van der Waals surface area contributed by atoms with Gasteiger partial charge in [0, 0.05) is 35.0 Å². The zero-order valence-corrected chi connectivity index (χ0v) is 20.2. The van der Waals surface area contributed by atoms with Gasteiger partial charge in [0.1, 0.15) is 0 Å². The summed E-state index contributed by atoms with van der Waals surface area (Å²) in [6.45, 7) is 0. The van der Waals surface area contributed by atoms with Crippen LogP contribution >= 0.6 is 22.7 Å². The first-order valence-electron chi connectivity index (χ1n) is 11.3. The molecule has 3 aromatic heterocycles. The lowest BCUT2D eigenvalue weighted by Crippen LogP contribution is -1.99. The fourth-order valence-electron chi connectivity index (χ4n) is 4.56. The van der Waals surface area contributed by atoms with Crippen LogP contribution < -0.4 is 0 Å². The van der Waals surface area contributed by atoms with E-state index in [1.165, 1.54) is 43.1 Å². The van der Waals surface area contributed by atoms with Gasteiger partial charge in [0.15, 0.2) is 0 Å². The van der Waals surface area contributed by atoms with Crippen LogP contribution in [-0.4, -0.2) is 9.97 Å². The van der Waals surface area contributed by atoms with Gasteiger partial charge in [-0.3, -0.25) is 9.97 Å². The molecule has 0 spiro atoms. The summed E-state index contributed by atoms with van der Waals surface area (Å²) in [6, 6.07) is 30.4. The quantitative estimate of drug-likeness (QED) is 0.243. The van der Waals surface area contributed by atoms with E-state index in [4.69, 9.17) is 9.97 Å². The van der Waals surface area contributed by atoms with Crippen molar-refractivity contribution in [1.82, 2.24) is 9.97 Å². The molecule has 4 heteroatoms. The molecule has 0 N–H and O–H groups in total. The van der Waals surface area contributed by atoms with Crippen molar-refractivity contribution in [1.29, 1.82) is 0 Å². The summed E-state index contributed by atoms with van der Waals surface area (Å²) in [6.07, 6.45) is 5.27. The van der Waals surface area contributed by atoms with Gasteiger partial charge in [0.2, 0.25) is 0 Å². The highest BCUT2D eigenvalue weighted by atomic mass is 32.1. The van der Waals surface area contributed by atoms with Crippen LogP contribution in [-0.2, 0) is 12.8 Å². The number of hydrogen-bond acceptors (Lipinski definition) is 4. The van der Waals surface area contributed by atoms with Gasteiger partial charge in [-0.15, -0.1) is 22.7 Å². The van der Waals surface area contributed by atoms with E-state index in [9.17, 15) is 0 Å². The fraction of sp³-hybridized carbons (Fsp3) is 0.0667. The SMILES string of the molecule is c1csc(-c2ccccc2Cc2ccc(Cc3ccccc3-c3cccs3)c3nccnc23)c1. The average molecular weight is 475 g/mol. The van der Waals surface area contributed by atoms with Crippen molar-refractivity contribution < 1.29 is 0 Å². The molecule has 0 aliphatic heterocycles. The molecule has 0 fully saturated rings. The molecular weight excluding hydrogens is 452 g/mol. The van der Waals surface area contributed by atoms with Crippen molar-refractivity contribution in [3.8, 4) is 20.9 Å². The van der Waals surface area contributed by atoms with Crippen molar-refractivity contribution in [2.45, 2.75) is 12.8 Å². The molecule has 34 heavy (non-hydrogen) atoms. The molecule has 0 aliphatic carbocycles. The first kappa shape index (κ1) is 21.0. The summed E-state index contributed by atoms with van der Waals surface area (Å²) in [4.78, 5) is 12.2. The predicted octanol–water partition coefficient (Wildman–Crippen LogP) is 8.27. The van der Waals surface area contributed by atoms with Gasteiger partial charge in [-0.25, -0.2) is 0 Å². The van der Waals surface area contributed by atoms with E-state index in [0.717, 1.165) is 23.9 Å². The highest BCUT2D eigenvalue weighted by molar-refractivity contribution is 7.13. The Bertz CT molecular complexity index is 1430. The molecule has 0 aliphatic rings. The summed E-state index contributed by atoms with van der Waals surface area (Å²) in [7, 11) is 0. The van der Waals surface area contributed by atoms with Crippen molar-refractivity contribution in [3.05, 3.63) is 130 Å². The van der Waals surface area contributed by atoms with E-state index in [0.29, 0.717) is 0 Å². The minimum atomic E-state index is 0.829. The summed E-state index contributed by atoms with van der Waals surface area (Å²) in [5.74, 6) is 0. The van der Waals surface area contributed by atoms with Crippen LogP contribution in [0.25, 0.3) is 31.9 Å². The second-order valence-electron chi connectivity index (χ2n) is 8.26. The smallest absolute Gasteiger partial charge is 0.0925 e. The first-order valence-corrected chi connectivity index (χ1v) is 13.1. The third-order valence-corrected chi connectivity index (χ3v) is 7.97. The monoisotopic (exact) mass is 474 g/mol. The minimum absolute atomic E-state index is 0.829. The van der Waals surface area contributed by atoms with Crippen LogP contribution in [0.1, 0.15) is 22.3 Å².